The first-order valence-electron chi connectivity index (χ1n) is 4.72. The quantitative estimate of drug-likeness (QED) is 0.858. The predicted octanol–water partition coefficient (Wildman–Crippen LogP) is 4.23. The minimum atomic E-state index is -0.455. The minimum absolute atomic E-state index is 0.348. The molecule has 1 heterocycles. The molecule has 0 aliphatic heterocycles. The normalized spacial score (nSPS) is 10.0. The lowest BCUT2D eigenvalue weighted by atomic mass is 10.3. The van der Waals surface area contributed by atoms with E-state index < -0.39 is 6.03 Å². The van der Waals surface area contributed by atoms with Gasteiger partial charge in [0.1, 0.15) is 0 Å². The molecule has 0 saturated carbocycles. The Hall–Kier alpha value is -1.65. The Morgan fingerprint density at radius 3 is 2.71 bits per heavy atom. The molecule has 2 aromatic rings. The van der Waals surface area contributed by atoms with Crippen molar-refractivity contribution in [1.29, 1.82) is 0 Å². The van der Waals surface area contributed by atoms with E-state index in [1.165, 1.54) is 6.26 Å². The van der Waals surface area contributed by atoms with E-state index in [0.29, 0.717) is 21.6 Å². The van der Waals surface area contributed by atoms with E-state index in [1.54, 1.807) is 30.3 Å². The third-order valence-corrected chi connectivity index (χ3v) is 2.50. The summed E-state index contributed by atoms with van der Waals surface area (Å²) >= 11 is 11.7. The number of anilines is 2. The second kappa shape index (κ2) is 5.12. The maximum atomic E-state index is 11.6. The van der Waals surface area contributed by atoms with Crippen LogP contribution < -0.4 is 10.6 Å². The minimum Gasteiger partial charge on any atom is -0.449 e. The molecule has 0 unspecified atom stereocenters. The fraction of sp³-hybridized carbons (Fsp3) is 0. The number of furan rings is 1. The Balaban J connectivity index is 2.05. The van der Waals surface area contributed by atoms with Crippen LogP contribution in [0, 0.1) is 0 Å². The summed E-state index contributed by atoms with van der Waals surface area (Å²) < 4.78 is 4.96. The number of carbonyl (C=O) groups excluding carboxylic acids is 1. The van der Waals surface area contributed by atoms with Crippen LogP contribution in [0.2, 0.25) is 10.0 Å². The summed E-state index contributed by atoms with van der Waals surface area (Å²) in [5.74, 6) is 0.348. The number of hydrogen-bond donors (Lipinski definition) is 2. The summed E-state index contributed by atoms with van der Waals surface area (Å²) in [4.78, 5) is 11.6. The van der Waals surface area contributed by atoms with E-state index in [1.807, 2.05) is 0 Å². The molecule has 88 valence electrons. The highest BCUT2D eigenvalue weighted by molar-refractivity contribution is 6.35. The molecule has 0 saturated heterocycles. The van der Waals surface area contributed by atoms with Crippen LogP contribution in [0.25, 0.3) is 0 Å². The number of amides is 2. The fourth-order valence-corrected chi connectivity index (χ4v) is 1.55. The lowest BCUT2D eigenvalue weighted by molar-refractivity contribution is 0.261. The van der Waals surface area contributed by atoms with Crippen molar-refractivity contribution in [2.75, 3.05) is 10.6 Å². The van der Waals surface area contributed by atoms with Crippen molar-refractivity contribution in [3.63, 3.8) is 0 Å². The lowest BCUT2D eigenvalue weighted by Gasteiger charge is -2.07. The van der Waals surface area contributed by atoms with E-state index in [4.69, 9.17) is 27.6 Å². The molecule has 0 spiro atoms. The number of urea groups is 1. The summed E-state index contributed by atoms with van der Waals surface area (Å²) in [5.41, 5.74) is 0.434. The fourth-order valence-electron chi connectivity index (χ4n) is 1.21. The van der Waals surface area contributed by atoms with Gasteiger partial charge in [-0.2, -0.15) is 0 Å². The van der Waals surface area contributed by atoms with Gasteiger partial charge in [-0.05, 0) is 24.3 Å². The van der Waals surface area contributed by atoms with E-state index in [9.17, 15) is 4.79 Å². The summed E-state index contributed by atoms with van der Waals surface area (Å²) in [5, 5.41) is 5.96. The van der Waals surface area contributed by atoms with Gasteiger partial charge < -0.3 is 9.73 Å². The Labute approximate surface area is 108 Å². The summed E-state index contributed by atoms with van der Waals surface area (Å²) in [6.45, 7) is 0. The molecule has 4 nitrogen and oxygen atoms in total. The number of benzene rings is 1. The molecule has 2 amide bonds. The third-order valence-electron chi connectivity index (χ3n) is 1.93. The zero-order chi connectivity index (χ0) is 12.3. The van der Waals surface area contributed by atoms with Gasteiger partial charge in [0.15, 0.2) is 0 Å². The molecular weight excluding hydrogens is 263 g/mol. The second-order valence-corrected chi connectivity index (χ2v) is 4.02. The average Bonchev–Trinajstić information content (AvgIpc) is 2.76. The summed E-state index contributed by atoms with van der Waals surface area (Å²) in [6, 6.07) is 7.64. The van der Waals surface area contributed by atoms with Crippen LogP contribution in [0.15, 0.2) is 41.0 Å². The molecule has 0 radical (unpaired) electrons. The van der Waals surface area contributed by atoms with Gasteiger partial charge in [-0.25, -0.2) is 4.79 Å². The number of nitrogens with one attached hydrogen (secondary N) is 2. The van der Waals surface area contributed by atoms with Gasteiger partial charge in [0.2, 0.25) is 5.88 Å². The zero-order valence-corrected chi connectivity index (χ0v) is 10.0. The van der Waals surface area contributed by atoms with E-state index in [0.717, 1.165) is 0 Å². The molecular formula is C11H8Cl2N2O2. The van der Waals surface area contributed by atoms with Crippen LogP contribution in [0.3, 0.4) is 0 Å². The molecule has 2 rings (SSSR count). The molecule has 1 aromatic carbocycles. The van der Waals surface area contributed by atoms with Crippen LogP contribution in [-0.2, 0) is 0 Å². The summed E-state index contributed by atoms with van der Waals surface area (Å²) in [6.07, 6.45) is 1.46. The van der Waals surface area contributed by atoms with Crippen LogP contribution in [0.4, 0.5) is 16.4 Å². The number of carbonyl (C=O) groups is 1. The van der Waals surface area contributed by atoms with E-state index in [-0.39, 0.29) is 0 Å². The lowest BCUT2D eigenvalue weighted by Crippen LogP contribution is -2.19. The zero-order valence-electron chi connectivity index (χ0n) is 8.54. The highest BCUT2D eigenvalue weighted by Crippen LogP contribution is 2.25. The third kappa shape index (κ3) is 3.15. The SMILES string of the molecule is O=C(Nc1ccco1)Nc1cc(Cl)ccc1Cl. The Morgan fingerprint density at radius 1 is 1.18 bits per heavy atom. The standard InChI is InChI=1S/C11H8Cl2N2O2/c12-7-3-4-8(13)9(6-7)14-11(16)15-10-2-1-5-17-10/h1-6H,(H2,14,15,16). The first-order valence-corrected chi connectivity index (χ1v) is 5.47. The second-order valence-electron chi connectivity index (χ2n) is 3.18. The summed E-state index contributed by atoms with van der Waals surface area (Å²) in [7, 11) is 0. The topological polar surface area (TPSA) is 54.3 Å². The maximum Gasteiger partial charge on any atom is 0.326 e. The van der Waals surface area contributed by atoms with Gasteiger partial charge in [0.05, 0.1) is 17.0 Å². The number of halogens is 2. The smallest absolute Gasteiger partial charge is 0.326 e. The molecule has 0 atom stereocenters. The molecule has 1 aromatic heterocycles. The van der Waals surface area contributed by atoms with Crippen molar-refractivity contribution >= 4 is 40.8 Å². The maximum absolute atomic E-state index is 11.6. The van der Waals surface area contributed by atoms with Crippen molar-refractivity contribution in [2.24, 2.45) is 0 Å². The Morgan fingerprint density at radius 2 is 2.00 bits per heavy atom. The van der Waals surface area contributed by atoms with Crippen molar-refractivity contribution < 1.29 is 9.21 Å². The predicted molar refractivity (Wildman–Crippen MR) is 67.8 cm³/mol. The molecule has 0 fully saturated rings. The van der Waals surface area contributed by atoms with Gasteiger partial charge >= 0.3 is 6.03 Å². The van der Waals surface area contributed by atoms with Crippen LogP contribution in [0.5, 0.6) is 0 Å². The van der Waals surface area contributed by atoms with Gasteiger partial charge in [0, 0.05) is 11.1 Å². The van der Waals surface area contributed by atoms with Crippen LogP contribution in [-0.4, -0.2) is 6.03 Å². The first-order chi connectivity index (χ1) is 8.15. The Kier molecular flexibility index (Phi) is 3.56. The van der Waals surface area contributed by atoms with Gasteiger partial charge in [-0.15, -0.1) is 0 Å². The highest BCUT2D eigenvalue weighted by Gasteiger charge is 2.07. The Bertz CT molecular complexity index is 526. The molecule has 0 bridgehead atoms. The van der Waals surface area contributed by atoms with Crippen LogP contribution in [0.1, 0.15) is 0 Å². The van der Waals surface area contributed by atoms with Crippen molar-refractivity contribution in [2.45, 2.75) is 0 Å². The van der Waals surface area contributed by atoms with Crippen molar-refractivity contribution in [3.8, 4) is 0 Å². The van der Waals surface area contributed by atoms with Crippen molar-refractivity contribution in [1.82, 2.24) is 0 Å². The average molecular weight is 271 g/mol. The van der Waals surface area contributed by atoms with Gasteiger partial charge in [-0.3, -0.25) is 5.32 Å². The largest absolute Gasteiger partial charge is 0.449 e. The van der Waals surface area contributed by atoms with Crippen LogP contribution >= 0.6 is 23.2 Å². The molecule has 6 heteroatoms. The monoisotopic (exact) mass is 270 g/mol. The van der Waals surface area contributed by atoms with E-state index >= 15 is 0 Å². The van der Waals surface area contributed by atoms with Gasteiger partial charge in [0.25, 0.3) is 0 Å². The molecule has 2 N–H and O–H groups in total. The van der Waals surface area contributed by atoms with Gasteiger partial charge in [-0.1, -0.05) is 23.2 Å². The van der Waals surface area contributed by atoms with Crippen molar-refractivity contribution in [3.05, 3.63) is 46.6 Å². The molecule has 0 aliphatic rings. The molecule has 0 aliphatic carbocycles. The first kappa shape index (κ1) is 11.8. The highest BCUT2D eigenvalue weighted by atomic mass is 35.5. The molecule has 17 heavy (non-hydrogen) atoms. The number of hydrogen-bond acceptors (Lipinski definition) is 2. The van der Waals surface area contributed by atoms with E-state index in [2.05, 4.69) is 10.6 Å². The number of rotatable bonds is 2.